The Bertz CT molecular complexity index is 1210. The van der Waals surface area contributed by atoms with Crippen molar-refractivity contribution in [2.75, 3.05) is 5.75 Å². The van der Waals surface area contributed by atoms with Crippen LogP contribution in [-0.4, -0.2) is 48.6 Å². The SMILES string of the molecule is C[C@@]1(CSc2nc3ccccc3s2)S[C@@H]2CC(=O)N2[C@H]1C(=O)OCc1ccc([N+](=O)[O-])cc1. The number of para-hydroxylation sites is 1. The highest BCUT2D eigenvalue weighted by Gasteiger charge is 2.61. The van der Waals surface area contributed by atoms with E-state index < -0.39 is 21.7 Å². The van der Waals surface area contributed by atoms with Crippen LogP contribution in [-0.2, 0) is 20.9 Å². The molecule has 8 nitrogen and oxygen atoms in total. The molecule has 5 rings (SSSR count). The number of ether oxygens (including phenoxy) is 1. The van der Waals surface area contributed by atoms with Gasteiger partial charge in [0.25, 0.3) is 5.69 Å². The summed E-state index contributed by atoms with van der Waals surface area (Å²) in [6.45, 7) is 1.99. The van der Waals surface area contributed by atoms with Gasteiger partial charge in [0.15, 0.2) is 4.34 Å². The number of carbonyl (C=O) groups is 2. The van der Waals surface area contributed by atoms with Crippen LogP contribution in [0.2, 0.25) is 0 Å². The van der Waals surface area contributed by atoms with E-state index in [0.717, 1.165) is 14.6 Å². The summed E-state index contributed by atoms with van der Waals surface area (Å²) in [5, 5.41) is 10.8. The first-order valence-electron chi connectivity index (χ1n) is 10.2. The first kappa shape index (κ1) is 22.2. The molecule has 2 fully saturated rings. The summed E-state index contributed by atoms with van der Waals surface area (Å²) in [6, 6.07) is 13.1. The topological polar surface area (TPSA) is 103 Å². The number of hydrogen-bond donors (Lipinski definition) is 0. The first-order valence-corrected chi connectivity index (χ1v) is 12.9. The van der Waals surface area contributed by atoms with E-state index in [-0.39, 0.29) is 23.6 Å². The third-order valence-corrected chi connectivity index (χ3v) is 9.99. The number of thioether (sulfide) groups is 2. The van der Waals surface area contributed by atoms with Gasteiger partial charge in [-0.05, 0) is 36.8 Å². The van der Waals surface area contributed by atoms with Crippen molar-refractivity contribution in [2.24, 2.45) is 0 Å². The molecule has 2 aromatic carbocycles. The van der Waals surface area contributed by atoms with Gasteiger partial charge in [0.05, 0.1) is 31.7 Å². The fourth-order valence-electron chi connectivity index (χ4n) is 4.02. The van der Waals surface area contributed by atoms with Crippen LogP contribution in [0.5, 0.6) is 0 Å². The molecule has 33 heavy (non-hydrogen) atoms. The maximum atomic E-state index is 13.1. The van der Waals surface area contributed by atoms with E-state index >= 15 is 0 Å². The molecular formula is C22H19N3O5S3. The third kappa shape index (κ3) is 4.20. The maximum absolute atomic E-state index is 13.1. The van der Waals surface area contributed by atoms with Gasteiger partial charge in [-0.15, -0.1) is 23.1 Å². The molecule has 0 N–H and O–H groups in total. The molecule has 2 aliphatic rings. The quantitative estimate of drug-likeness (QED) is 0.154. The standard InChI is InChI=1S/C22H19N3O5S3/c1-22(12-31-21-23-15-4-2-3-5-16(15)32-21)19(24-17(26)10-18(24)33-22)20(27)30-11-13-6-8-14(9-7-13)25(28)29/h2-9,18-19H,10-12H2,1H3/t18-,19+,22+/m1/s1. The van der Waals surface area contributed by atoms with E-state index in [0.29, 0.717) is 17.7 Å². The molecule has 0 radical (unpaired) electrons. The number of non-ortho nitro benzene ring substituents is 1. The number of β-lactam (4-membered cyclic amide) rings is 1. The van der Waals surface area contributed by atoms with Crippen molar-refractivity contribution < 1.29 is 19.2 Å². The van der Waals surface area contributed by atoms with E-state index in [1.807, 2.05) is 31.2 Å². The number of amides is 1. The molecule has 3 atom stereocenters. The number of nitro groups is 1. The van der Waals surface area contributed by atoms with Gasteiger partial charge in [-0.1, -0.05) is 23.9 Å². The van der Waals surface area contributed by atoms with Crippen molar-refractivity contribution in [3.63, 3.8) is 0 Å². The van der Waals surface area contributed by atoms with E-state index in [4.69, 9.17) is 4.74 Å². The third-order valence-electron chi connectivity index (χ3n) is 5.72. The van der Waals surface area contributed by atoms with Crippen molar-refractivity contribution in [3.05, 3.63) is 64.2 Å². The number of nitro benzene ring substituents is 1. The van der Waals surface area contributed by atoms with Crippen LogP contribution in [0.25, 0.3) is 10.2 Å². The monoisotopic (exact) mass is 501 g/mol. The largest absolute Gasteiger partial charge is 0.459 e. The summed E-state index contributed by atoms with van der Waals surface area (Å²) >= 11 is 4.85. The Balaban J connectivity index is 1.29. The van der Waals surface area contributed by atoms with Crippen molar-refractivity contribution in [1.29, 1.82) is 0 Å². The molecule has 0 bridgehead atoms. The van der Waals surface area contributed by atoms with Crippen molar-refractivity contribution in [1.82, 2.24) is 9.88 Å². The van der Waals surface area contributed by atoms with E-state index in [1.165, 1.54) is 12.1 Å². The highest BCUT2D eigenvalue weighted by molar-refractivity contribution is 8.05. The number of nitrogens with zero attached hydrogens (tertiary/aromatic N) is 3. The molecule has 0 spiro atoms. The number of fused-ring (bicyclic) bond motifs is 2. The predicted molar refractivity (Wildman–Crippen MR) is 128 cm³/mol. The molecule has 0 aliphatic carbocycles. The summed E-state index contributed by atoms with van der Waals surface area (Å²) in [4.78, 5) is 42.1. The molecule has 170 valence electrons. The van der Waals surface area contributed by atoms with Crippen molar-refractivity contribution in [2.45, 2.75) is 40.5 Å². The average molecular weight is 502 g/mol. The predicted octanol–water partition coefficient (Wildman–Crippen LogP) is 4.47. The lowest BCUT2D eigenvalue weighted by Crippen LogP contribution is -2.58. The Labute approximate surface area is 201 Å². The average Bonchev–Trinajstić information content (AvgIpc) is 3.32. The Morgan fingerprint density at radius 1 is 1.30 bits per heavy atom. The second-order valence-corrected chi connectivity index (χ2v) is 12.0. The summed E-state index contributed by atoms with van der Waals surface area (Å²) < 4.78 is 7.09. The molecule has 3 heterocycles. The molecule has 0 unspecified atom stereocenters. The molecule has 1 amide bonds. The lowest BCUT2D eigenvalue weighted by Gasteiger charge is -2.37. The normalized spacial score (nSPS) is 23.9. The van der Waals surface area contributed by atoms with Gasteiger partial charge < -0.3 is 9.64 Å². The van der Waals surface area contributed by atoms with Crippen LogP contribution in [0.4, 0.5) is 5.69 Å². The van der Waals surface area contributed by atoms with Crippen LogP contribution >= 0.6 is 34.9 Å². The van der Waals surface area contributed by atoms with Gasteiger partial charge >= 0.3 is 5.97 Å². The highest BCUT2D eigenvalue weighted by atomic mass is 32.2. The van der Waals surface area contributed by atoms with Crippen LogP contribution in [0.3, 0.4) is 0 Å². The zero-order chi connectivity index (χ0) is 23.2. The van der Waals surface area contributed by atoms with Gasteiger partial charge in [0, 0.05) is 17.9 Å². The zero-order valence-corrected chi connectivity index (χ0v) is 20.0. The van der Waals surface area contributed by atoms with Crippen molar-refractivity contribution in [3.8, 4) is 0 Å². The minimum absolute atomic E-state index is 0.00815. The molecule has 1 aromatic heterocycles. The Kier molecular flexibility index (Phi) is 5.79. The number of esters is 1. The number of rotatable bonds is 7. The van der Waals surface area contributed by atoms with Crippen LogP contribution < -0.4 is 0 Å². The molecule has 2 aliphatic heterocycles. The molecule has 3 aromatic rings. The summed E-state index contributed by atoms with van der Waals surface area (Å²) in [7, 11) is 0. The minimum Gasteiger partial charge on any atom is -0.459 e. The minimum atomic E-state index is -0.686. The fraction of sp³-hybridized carbons (Fsp3) is 0.318. The zero-order valence-electron chi connectivity index (χ0n) is 17.5. The maximum Gasteiger partial charge on any atom is 0.330 e. The Morgan fingerprint density at radius 3 is 2.76 bits per heavy atom. The van der Waals surface area contributed by atoms with E-state index in [9.17, 15) is 19.7 Å². The lowest BCUT2D eigenvalue weighted by atomic mass is 9.98. The van der Waals surface area contributed by atoms with Crippen LogP contribution in [0, 0.1) is 10.1 Å². The van der Waals surface area contributed by atoms with Gasteiger partial charge in [0.2, 0.25) is 5.91 Å². The Morgan fingerprint density at radius 2 is 2.06 bits per heavy atom. The summed E-state index contributed by atoms with van der Waals surface area (Å²) in [6.07, 6.45) is 0.429. The molecule has 11 heteroatoms. The lowest BCUT2D eigenvalue weighted by molar-refractivity contribution is -0.384. The Hall–Kier alpha value is -2.63. The van der Waals surface area contributed by atoms with Gasteiger partial charge in [-0.25, -0.2) is 9.78 Å². The van der Waals surface area contributed by atoms with Gasteiger partial charge in [-0.2, -0.15) is 0 Å². The second-order valence-electron chi connectivity index (χ2n) is 8.06. The smallest absolute Gasteiger partial charge is 0.330 e. The number of thiazole rings is 1. The number of carbonyl (C=O) groups excluding carboxylic acids is 2. The second kappa shape index (κ2) is 8.62. The fourth-order valence-corrected chi connectivity index (χ4v) is 8.12. The van der Waals surface area contributed by atoms with Crippen molar-refractivity contribution >= 4 is 62.6 Å². The number of benzene rings is 2. The number of aromatic nitrogens is 1. The molecule has 2 saturated heterocycles. The number of hydrogen-bond acceptors (Lipinski definition) is 9. The van der Waals surface area contributed by atoms with Crippen LogP contribution in [0.15, 0.2) is 52.9 Å². The molecular weight excluding hydrogens is 482 g/mol. The summed E-state index contributed by atoms with van der Waals surface area (Å²) in [5.74, 6) is 0.108. The van der Waals surface area contributed by atoms with Gasteiger partial charge in [0.1, 0.15) is 12.6 Å². The summed E-state index contributed by atoms with van der Waals surface area (Å²) in [5.41, 5.74) is 1.58. The van der Waals surface area contributed by atoms with Crippen LogP contribution in [0.1, 0.15) is 18.9 Å². The first-order chi connectivity index (χ1) is 15.8. The van der Waals surface area contributed by atoms with E-state index in [1.54, 1.807) is 51.9 Å². The highest BCUT2D eigenvalue weighted by Crippen LogP contribution is 2.53. The molecule has 0 saturated carbocycles. The van der Waals surface area contributed by atoms with E-state index in [2.05, 4.69) is 4.98 Å². The van der Waals surface area contributed by atoms with Gasteiger partial charge in [-0.3, -0.25) is 14.9 Å².